The summed E-state index contributed by atoms with van der Waals surface area (Å²) in [6, 6.07) is 6.60. The van der Waals surface area contributed by atoms with Gasteiger partial charge in [0.25, 0.3) is 5.91 Å². The zero-order valence-corrected chi connectivity index (χ0v) is 17.2. The van der Waals surface area contributed by atoms with Gasteiger partial charge in [-0.1, -0.05) is 24.2 Å². The Kier molecular flexibility index (Phi) is 4.47. The van der Waals surface area contributed by atoms with Gasteiger partial charge in [-0.3, -0.25) is 14.5 Å². The van der Waals surface area contributed by atoms with Crippen LogP contribution in [-0.4, -0.2) is 28.3 Å². The zero-order valence-electron chi connectivity index (χ0n) is 16.5. The van der Waals surface area contributed by atoms with Crippen molar-refractivity contribution >= 4 is 29.1 Å². The molecular formula is C22H20ClFN2O4. The highest BCUT2D eigenvalue weighted by molar-refractivity contribution is 6.21. The number of benzene rings is 1. The molecule has 0 bridgehead atoms. The number of halogens is 2. The summed E-state index contributed by atoms with van der Waals surface area (Å²) in [7, 11) is 0. The summed E-state index contributed by atoms with van der Waals surface area (Å²) in [6.45, 7) is 3.74. The lowest BCUT2D eigenvalue weighted by molar-refractivity contribution is -0.132. The molecule has 3 heterocycles. The number of alkyl halides is 1. The Morgan fingerprint density at radius 1 is 1.20 bits per heavy atom. The molecule has 8 heteroatoms. The third-order valence-corrected chi connectivity index (χ3v) is 6.87. The highest BCUT2D eigenvalue weighted by atomic mass is 35.5. The second-order valence-corrected chi connectivity index (χ2v) is 8.82. The van der Waals surface area contributed by atoms with Gasteiger partial charge in [0.1, 0.15) is 17.7 Å². The zero-order chi connectivity index (χ0) is 21.2. The summed E-state index contributed by atoms with van der Waals surface area (Å²) >= 11 is 6.46. The van der Waals surface area contributed by atoms with Crippen molar-refractivity contribution in [2.45, 2.75) is 44.2 Å². The SMILES string of the molecule is Cc1cc(N2C(=O)C3=C(C(=O)C4CC(Cl)C(C)CC4O3)C2c2ccc(F)cc2)no1. The second kappa shape index (κ2) is 6.94. The van der Waals surface area contributed by atoms with Crippen LogP contribution in [0.5, 0.6) is 0 Å². The predicted molar refractivity (Wildman–Crippen MR) is 106 cm³/mol. The van der Waals surface area contributed by atoms with Crippen LogP contribution in [0, 0.1) is 24.6 Å². The Bertz CT molecular complexity index is 1060. The number of carbonyl (C=O) groups is 2. The van der Waals surface area contributed by atoms with E-state index in [4.69, 9.17) is 20.9 Å². The Morgan fingerprint density at radius 3 is 2.60 bits per heavy atom. The average molecular weight is 431 g/mol. The normalized spacial score (nSPS) is 30.9. The van der Waals surface area contributed by atoms with E-state index in [-0.39, 0.29) is 40.3 Å². The largest absolute Gasteiger partial charge is 0.483 e. The summed E-state index contributed by atoms with van der Waals surface area (Å²) in [5.41, 5.74) is 0.879. The molecule has 1 saturated carbocycles. The van der Waals surface area contributed by atoms with Gasteiger partial charge in [-0.15, -0.1) is 11.6 Å². The number of fused-ring (bicyclic) bond motifs is 1. The van der Waals surface area contributed by atoms with E-state index in [2.05, 4.69) is 5.16 Å². The number of amides is 1. The van der Waals surface area contributed by atoms with Crippen LogP contribution >= 0.6 is 11.6 Å². The smallest absolute Gasteiger partial charge is 0.295 e. The Balaban J connectivity index is 1.63. The van der Waals surface area contributed by atoms with Crippen LogP contribution in [0.3, 0.4) is 0 Å². The van der Waals surface area contributed by atoms with Gasteiger partial charge in [0.05, 0.1) is 17.5 Å². The molecule has 5 atom stereocenters. The van der Waals surface area contributed by atoms with E-state index in [0.29, 0.717) is 24.2 Å². The van der Waals surface area contributed by atoms with E-state index >= 15 is 0 Å². The molecular weight excluding hydrogens is 411 g/mol. The van der Waals surface area contributed by atoms with Crippen LogP contribution in [0.15, 0.2) is 46.2 Å². The third kappa shape index (κ3) is 2.87. The highest BCUT2D eigenvalue weighted by Crippen LogP contribution is 2.49. The van der Waals surface area contributed by atoms with E-state index in [1.165, 1.54) is 17.0 Å². The molecule has 3 aliphatic rings. The van der Waals surface area contributed by atoms with Gasteiger partial charge in [-0.25, -0.2) is 4.39 Å². The molecule has 1 aromatic carbocycles. The Labute approximate surface area is 177 Å². The highest BCUT2D eigenvalue weighted by Gasteiger charge is 2.54. The molecule has 1 aliphatic carbocycles. The molecule has 0 spiro atoms. The average Bonchev–Trinajstić information content (AvgIpc) is 3.26. The lowest BCUT2D eigenvalue weighted by Crippen LogP contribution is -2.44. The molecule has 1 amide bonds. The van der Waals surface area contributed by atoms with Crippen molar-refractivity contribution in [3.05, 3.63) is 58.8 Å². The standard InChI is InChI=1S/C22H20ClFN2O4/c1-10-7-16-14(9-15(10)23)20(27)18-19(12-3-5-13(24)6-4-12)26(22(28)21(18)29-16)17-8-11(2)30-25-17/h3-6,8,10,14-16,19H,7,9H2,1-2H3. The summed E-state index contributed by atoms with van der Waals surface area (Å²) in [6.07, 6.45) is 0.730. The molecule has 156 valence electrons. The van der Waals surface area contributed by atoms with Crippen molar-refractivity contribution in [3.8, 4) is 0 Å². The van der Waals surface area contributed by atoms with Crippen molar-refractivity contribution in [1.29, 1.82) is 0 Å². The number of Topliss-reactive ketones (excluding diaryl/α,β-unsaturated/α-hetero) is 1. The first-order chi connectivity index (χ1) is 14.3. The Morgan fingerprint density at radius 2 is 1.93 bits per heavy atom. The first kappa shape index (κ1) is 19.3. The number of nitrogens with zero attached hydrogens (tertiary/aromatic N) is 2. The van der Waals surface area contributed by atoms with Gasteiger partial charge in [0.15, 0.2) is 17.4 Å². The number of aromatic nitrogens is 1. The van der Waals surface area contributed by atoms with E-state index in [1.54, 1.807) is 25.1 Å². The molecule has 30 heavy (non-hydrogen) atoms. The maximum absolute atomic E-state index is 13.6. The van der Waals surface area contributed by atoms with Crippen molar-refractivity contribution in [2.75, 3.05) is 4.90 Å². The van der Waals surface area contributed by atoms with Crippen molar-refractivity contribution in [1.82, 2.24) is 5.16 Å². The first-order valence-corrected chi connectivity index (χ1v) is 10.4. The van der Waals surface area contributed by atoms with Crippen LogP contribution in [0.1, 0.15) is 37.1 Å². The third-order valence-electron chi connectivity index (χ3n) is 6.26. The van der Waals surface area contributed by atoms with Gasteiger partial charge in [0.2, 0.25) is 0 Å². The number of carbonyl (C=O) groups excluding carboxylic acids is 2. The second-order valence-electron chi connectivity index (χ2n) is 8.26. The molecule has 0 saturated heterocycles. The fourth-order valence-corrected chi connectivity index (χ4v) is 4.98. The summed E-state index contributed by atoms with van der Waals surface area (Å²) in [5.74, 6) is -0.345. The molecule has 2 aromatic rings. The van der Waals surface area contributed by atoms with Crippen molar-refractivity contribution in [2.24, 2.45) is 11.8 Å². The fourth-order valence-electron chi connectivity index (χ4n) is 4.68. The number of hydrogen-bond acceptors (Lipinski definition) is 5. The molecule has 5 rings (SSSR count). The number of ether oxygens (including phenoxy) is 1. The Hall–Kier alpha value is -2.67. The lowest BCUT2D eigenvalue weighted by atomic mass is 9.74. The van der Waals surface area contributed by atoms with Crippen LogP contribution in [0.4, 0.5) is 10.2 Å². The predicted octanol–water partition coefficient (Wildman–Crippen LogP) is 4.09. The number of ketones is 1. The van der Waals surface area contributed by atoms with E-state index in [1.807, 2.05) is 6.92 Å². The number of anilines is 1. The minimum atomic E-state index is -0.765. The van der Waals surface area contributed by atoms with Gasteiger partial charge >= 0.3 is 0 Å². The summed E-state index contributed by atoms with van der Waals surface area (Å²) < 4.78 is 24.9. The van der Waals surface area contributed by atoms with E-state index in [9.17, 15) is 14.0 Å². The molecule has 0 N–H and O–H groups in total. The van der Waals surface area contributed by atoms with E-state index in [0.717, 1.165) is 0 Å². The van der Waals surface area contributed by atoms with Crippen LogP contribution < -0.4 is 4.90 Å². The topological polar surface area (TPSA) is 72.6 Å². The number of rotatable bonds is 2. The maximum Gasteiger partial charge on any atom is 0.295 e. The minimum absolute atomic E-state index is 0.0523. The quantitative estimate of drug-likeness (QED) is 0.671. The number of aryl methyl sites for hydroxylation is 1. The van der Waals surface area contributed by atoms with Gasteiger partial charge in [-0.05, 0) is 43.4 Å². The van der Waals surface area contributed by atoms with Crippen molar-refractivity contribution in [3.63, 3.8) is 0 Å². The molecule has 6 nitrogen and oxygen atoms in total. The molecule has 1 aromatic heterocycles. The van der Waals surface area contributed by atoms with Gasteiger partial charge in [0, 0.05) is 11.4 Å². The monoisotopic (exact) mass is 430 g/mol. The van der Waals surface area contributed by atoms with Crippen LogP contribution in [-0.2, 0) is 14.3 Å². The summed E-state index contributed by atoms with van der Waals surface area (Å²) in [5, 5.41) is 3.85. The molecule has 1 fully saturated rings. The molecule has 5 unspecified atom stereocenters. The van der Waals surface area contributed by atoms with Gasteiger partial charge < -0.3 is 9.26 Å². The minimum Gasteiger partial charge on any atom is -0.483 e. The molecule has 0 radical (unpaired) electrons. The first-order valence-electron chi connectivity index (χ1n) is 9.96. The van der Waals surface area contributed by atoms with Crippen LogP contribution in [0.25, 0.3) is 0 Å². The van der Waals surface area contributed by atoms with Crippen molar-refractivity contribution < 1.29 is 23.2 Å². The van der Waals surface area contributed by atoms with E-state index < -0.39 is 23.7 Å². The van der Waals surface area contributed by atoms with Gasteiger partial charge in [-0.2, -0.15) is 0 Å². The van der Waals surface area contributed by atoms with Crippen LogP contribution in [0.2, 0.25) is 0 Å². The maximum atomic E-state index is 13.6. The summed E-state index contributed by atoms with van der Waals surface area (Å²) in [4.78, 5) is 28.3. The lowest BCUT2D eigenvalue weighted by Gasteiger charge is -2.39. The fraction of sp³-hybridized carbons (Fsp3) is 0.409. The molecule has 2 aliphatic heterocycles. The number of hydrogen-bond donors (Lipinski definition) is 0.